The van der Waals surface area contributed by atoms with Crippen molar-refractivity contribution in [2.24, 2.45) is 5.73 Å². The molecule has 0 radical (unpaired) electrons. The van der Waals surface area contributed by atoms with E-state index in [1.54, 1.807) is 13.0 Å². The molecule has 0 atom stereocenters. The predicted octanol–water partition coefficient (Wildman–Crippen LogP) is 1.89. The van der Waals surface area contributed by atoms with Gasteiger partial charge in [0.25, 0.3) is 5.69 Å². The second kappa shape index (κ2) is 4.73. The maximum atomic E-state index is 11.7. The second-order valence-corrected chi connectivity index (χ2v) is 4.89. The Hall–Kier alpha value is -1.95. The van der Waals surface area contributed by atoms with E-state index in [4.69, 9.17) is 5.73 Å². The van der Waals surface area contributed by atoms with Crippen LogP contribution in [0.15, 0.2) is 12.1 Å². The Morgan fingerprint density at radius 1 is 1.33 bits per heavy atom. The van der Waals surface area contributed by atoms with E-state index in [0.717, 1.165) is 11.1 Å². The van der Waals surface area contributed by atoms with Crippen LogP contribution in [0.2, 0.25) is 0 Å². The number of nitrogens with zero attached hydrogens (tertiary/aromatic N) is 1. The van der Waals surface area contributed by atoms with Gasteiger partial charge >= 0.3 is 0 Å². The Kier molecular flexibility index (Phi) is 3.71. The molecule has 0 saturated heterocycles. The molecule has 0 saturated carbocycles. The summed E-state index contributed by atoms with van der Waals surface area (Å²) in [5.41, 5.74) is 6.26. The summed E-state index contributed by atoms with van der Waals surface area (Å²) in [6.45, 7) is 6.67. The van der Waals surface area contributed by atoms with E-state index < -0.39 is 16.4 Å². The van der Waals surface area contributed by atoms with Gasteiger partial charge in [-0.25, -0.2) is 0 Å². The molecule has 1 amide bonds. The van der Waals surface area contributed by atoms with Crippen LogP contribution in [0.1, 0.15) is 25.0 Å². The third kappa shape index (κ3) is 3.04. The van der Waals surface area contributed by atoms with Crippen LogP contribution in [0, 0.1) is 24.0 Å². The molecular formula is C12H17N3O3. The van der Waals surface area contributed by atoms with E-state index in [1.807, 2.05) is 6.92 Å². The van der Waals surface area contributed by atoms with Crippen LogP contribution in [-0.4, -0.2) is 16.4 Å². The normalized spacial score (nSPS) is 11.2. The first kappa shape index (κ1) is 14.1. The van der Waals surface area contributed by atoms with Gasteiger partial charge in [-0.2, -0.15) is 0 Å². The van der Waals surface area contributed by atoms with E-state index in [0.29, 0.717) is 0 Å². The molecule has 0 heterocycles. The number of hydrogen-bond donors (Lipinski definition) is 2. The standard InChI is InChI=1S/C12H17N3O3/c1-7-5-9(14-11(16)12(3,4)13)10(15(17)18)6-8(7)2/h5-6H,13H2,1-4H3,(H,14,16). The number of nitro benzene ring substituents is 1. The van der Waals surface area contributed by atoms with Gasteiger partial charge in [0.1, 0.15) is 5.69 Å². The third-order valence-corrected chi connectivity index (χ3v) is 2.64. The number of nitro groups is 1. The largest absolute Gasteiger partial charge is 0.319 e. The molecule has 1 rings (SSSR count). The quantitative estimate of drug-likeness (QED) is 0.633. The molecule has 98 valence electrons. The molecule has 0 aliphatic carbocycles. The van der Waals surface area contributed by atoms with Gasteiger partial charge in [-0.3, -0.25) is 14.9 Å². The predicted molar refractivity (Wildman–Crippen MR) is 69.5 cm³/mol. The number of aryl methyl sites for hydroxylation is 2. The van der Waals surface area contributed by atoms with Crippen molar-refractivity contribution >= 4 is 17.3 Å². The van der Waals surface area contributed by atoms with E-state index in [9.17, 15) is 14.9 Å². The van der Waals surface area contributed by atoms with Gasteiger partial charge in [0.15, 0.2) is 0 Å². The van der Waals surface area contributed by atoms with Crippen LogP contribution in [0.4, 0.5) is 11.4 Å². The van der Waals surface area contributed by atoms with Crippen molar-refractivity contribution in [3.8, 4) is 0 Å². The second-order valence-electron chi connectivity index (χ2n) is 4.89. The Bertz CT molecular complexity index is 504. The highest BCUT2D eigenvalue weighted by atomic mass is 16.6. The number of nitrogens with one attached hydrogen (secondary N) is 1. The SMILES string of the molecule is Cc1cc(NC(=O)C(C)(C)N)c([N+](=O)[O-])cc1C. The van der Waals surface area contributed by atoms with Crippen molar-refractivity contribution in [1.29, 1.82) is 0 Å². The molecule has 0 fully saturated rings. The van der Waals surface area contributed by atoms with Crippen molar-refractivity contribution < 1.29 is 9.72 Å². The van der Waals surface area contributed by atoms with Gasteiger partial charge in [0.2, 0.25) is 5.91 Å². The van der Waals surface area contributed by atoms with E-state index in [2.05, 4.69) is 5.32 Å². The zero-order valence-corrected chi connectivity index (χ0v) is 10.9. The fourth-order valence-electron chi connectivity index (χ4n) is 1.34. The number of amides is 1. The topological polar surface area (TPSA) is 98.3 Å². The van der Waals surface area contributed by atoms with Crippen molar-refractivity contribution in [2.75, 3.05) is 5.32 Å². The van der Waals surface area contributed by atoms with Gasteiger partial charge < -0.3 is 11.1 Å². The zero-order valence-electron chi connectivity index (χ0n) is 10.9. The summed E-state index contributed by atoms with van der Waals surface area (Å²) in [7, 11) is 0. The van der Waals surface area contributed by atoms with Crippen LogP contribution in [0.5, 0.6) is 0 Å². The number of rotatable bonds is 3. The minimum atomic E-state index is -1.09. The summed E-state index contributed by atoms with van der Waals surface area (Å²) < 4.78 is 0. The van der Waals surface area contributed by atoms with Crippen molar-refractivity contribution in [3.05, 3.63) is 33.4 Å². The average molecular weight is 251 g/mol. The Morgan fingerprint density at radius 2 is 1.83 bits per heavy atom. The Balaban J connectivity index is 3.20. The minimum absolute atomic E-state index is 0.129. The van der Waals surface area contributed by atoms with E-state index in [1.165, 1.54) is 19.9 Å². The molecular weight excluding hydrogens is 234 g/mol. The third-order valence-electron chi connectivity index (χ3n) is 2.64. The number of nitrogens with two attached hydrogens (primary N) is 1. The Labute approximate surface area is 105 Å². The van der Waals surface area contributed by atoms with Crippen LogP contribution < -0.4 is 11.1 Å². The van der Waals surface area contributed by atoms with Crippen LogP contribution >= 0.6 is 0 Å². The smallest absolute Gasteiger partial charge is 0.293 e. The highest BCUT2D eigenvalue weighted by Gasteiger charge is 2.25. The Morgan fingerprint density at radius 3 is 2.28 bits per heavy atom. The van der Waals surface area contributed by atoms with Crippen LogP contribution in [0.3, 0.4) is 0 Å². The van der Waals surface area contributed by atoms with Crippen LogP contribution in [-0.2, 0) is 4.79 Å². The maximum Gasteiger partial charge on any atom is 0.293 e. The lowest BCUT2D eigenvalue weighted by Gasteiger charge is -2.18. The highest BCUT2D eigenvalue weighted by molar-refractivity contribution is 5.99. The summed E-state index contributed by atoms with van der Waals surface area (Å²) in [6, 6.07) is 3.02. The first-order chi connectivity index (χ1) is 8.12. The van der Waals surface area contributed by atoms with Crippen molar-refractivity contribution in [1.82, 2.24) is 0 Å². The van der Waals surface area contributed by atoms with Crippen molar-refractivity contribution in [3.63, 3.8) is 0 Å². The summed E-state index contributed by atoms with van der Waals surface area (Å²) in [6.07, 6.45) is 0. The monoisotopic (exact) mass is 251 g/mol. The number of hydrogen-bond acceptors (Lipinski definition) is 4. The summed E-state index contributed by atoms with van der Waals surface area (Å²) in [4.78, 5) is 22.2. The lowest BCUT2D eigenvalue weighted by Crippen LogP contribution is -2.45. The molecule has 0 aromatic heterocycles. The summed E-state index contributed by atoms with van der Waals surface area (Å²) >= 11 is 0. The first-order valence-electron chi connectivity index (χ1n) is 5.49. The molecule has 0 unspecified atom stereocenters. The first-order valence-corrected chi connectivity index (χ1v) is 5.49. The van der Waals surface area contributed by atoms with Gasteiger partial charge in [-0.1, -0.05) is 0 Å². The minimum Gasteiger partial charge on any atom is -0.319 e. The molecule has 1 aromatic carbocycles. The molecule has 18 heavy (non-hydrogen) atoms. The molecule has 3 N–H and O–H groups in total. The lowest BCUT2D eigenvalue weighted by atomic mass is 10.0. The highest BCUT2D eigenvalue weighted by Crippen LogP contribution is 2.28. The molecule has 0 aliphatic heterocycles. The lowest BCUT2D eigenvalue weighted by molar-refractivity contribution is -0.384. The number of carbonyl (C=O) groups is 1. The van der Waals surface area contributed by atoms with Crippen molar-refractivity contribution in [2.45, 2.75) is 33.2 Å². The molecule has 1 aromatic rings. The maximum absolute atomic E-state index is 11.7. The van der Waals surface area contributed by atoms with Crippen LogP contribution in [0.25, 0.3) is 0 Å². The average Bonchev–Trinajstić information content (AvgIpc) is 2.21. The number of carbonyl (C=O) groups excluding carboxylic acids is 1. The summed E-state index contributed by atoms with van der Waals surface area (Å²) in [5.74, 6) is -0.464. The van der Waals surface area contributed by atoms with E-state index in [-0.39, 0.29) is 11.4 Å². The molecule has 6 heteroatoms. The fourth-order valence-corrected chi connectivity index (χ4v) is 1.34. The van der Waals surface area contributed by atoms with Gasteiger partial charge in [0.05, 0.1) is 10.5 Å². The van der Waals surface area contributed by atoms with Gasteiger partial charge in [-0.15, -0.1) is 0 Å². The van der Waals surface area contributed by atoms with Gasteiger partial charge in [-0.05, 0) is 44.9 Å². The summed E-state index contributed by atoms with van der Waals surface area (Å²) in [5, 5.41) is 13.4. The molecule has 0 spiro atoms. The molecule has 0 bridgehead atoms. The molecule has 6 nitrogen and oxygen atoms in total. The molecule has 0 aliphatic rings. The van der Waals surface area contributed by atoms with Gasteiger partial charge in [0, 0.05) is 6.07 Å². The number of benzene rings is 1. The zero-order chi connectivity index (χ0) is 14.1. The van der Waals surface area contributed by atoms with E-state index >= 15 is 0 Å². The fraction of sp³-hybridized carbons (Fsp3) is 0.417. The number of anilines is 1.